The summed E-state index contributed by atoms with van der Waals surface area (Å²) < 4.78 is 0. The highest BCUT2D eigenvalue weighted by Gasteiger charge is 2.36. The van der Waals surface area contributed by atoms with Gasteiger partial charge in [-0.2, -0.15) is 0 Å². The van der Waals surface area contributed by atoms with Crippen LogP contribution in [-0.2, 0) is 5.41 Å². The van der Waals surface area contributed by atoms with Crippen LogP contribution in [0.4, 0.5) is 0 Å². The number of fused-ring (bicyclic) bond motifs is 3. The van der Waals surface area contributed by atoms with E-state index in [1.54, 1.807) is 0 Å². The first-order valence-corrected chi connectivity index (χ1v) is 8.17. The Balaban J connectivity index is 2.33. The summed E-state index contributed by atoms with van der Waals surface area (Å²) in [5, 5.41) is 0. The zero-order valence-electron chi connectivity index (χ0n) is 14.0. The van der Waals surface area contributed by atoms with E-state index >= 15 is 0 Å². The minimum Gasteiger partial charge on any atom is -0.0871 e. The highest BCUT2D eigenvalue weighted by molar-refractivity contribution is 5.92. The smallest absolute Gasteiger partial charge is 0.0159 e. The Hall–Kier alpha value is -2.08. The zero-order chi connectivity index (χ0) is 15.7. The molecule has 0 saturated carbocycles. The molecule has 2 aromatic carbocycles. The van der Waals surface area contributed by atoms with Crippen LogP contribution in [0.15, 0.2) is 60.7 Å². The number of allylic oxidation sites excluding steroid dienone is 4. The molecule has 2 aromatic rings. The van der Waals surface area contributed by atoms with Gasteiger partial charge in [0, 0.05) is 5.41 Å². The third kappa shape index (κ3) is 2.14. The van der Waals surface area contributed by atoms with Crippen LogP contribution in [0, 0.1) is 0 Å². The molecule has 0 heteroatoms. The lowest BCUT2D eigenvalue weighted by Gasteiger charge is -2.21. The molecule has 0 unspecified atom stereocenters. The van der Waals surface area contributed by atoms with Crippen LogP contribution in [0.3, 0.4) is 0 Å². The molecule has 0 radical (unpaired) electrons. The number of benzene rings is 2. The fourth-order valence-corrected chi connectivity index (χ4v) is 3.66. The van der Waals surface area contributed by atoms with E-state index in [1.165, 1.54) is 33.4 Å². The number of rotatable bonds is 3. The summed E-state index contributed by atoms with van der Waals surface area (Å²) in [5.74, 6) is 0. The molecule has 3 rings (SSSR count). The van der Waals surface area contributed by atoms with Crippen LogP contribution in [0.1, 0.15) is 50.8 Å². The van der Waals surface area contributed by atoms with Crippen LogP contribution in [-0.4, -0.2) is 0 Å². The molecule has 0 spiro atoms. The Morgan fingerprint density at radius 3 is 2.45 bits per heavy atom. The normalized spacial score (nSPS) is 15.9. The Morgan fingerprint density at radius 2 is 1.73 bits per heavy atom. The summed E-state index contributed by atoms with van der Waals surface area (Å²) in [5.41, 5.74) is 8.46. The van der Waals surface area contributed by atoms with E-state index in [2.05, 4.69) is 88.4 Å². The van der Waals surface area contributed by atoms with Crippen LogP contribution >= 0.6 is 0 Å². The fraction of sp³-hybridized carbons (Fsp3) is 0.273. The summed E-state index contributed by atoms with van der Waals surface area (Å²) in [7, 11) is 0. The molecule has 0 nitrogen and oxygen atoms in total. The Bertz CT molecular complexity index is 757. The van der Waals surface area contributed by atoms with Crippen molar-refractivity contribution in [3.8, 4) is 11.1 Å². The van der Waals surface area contributed by atoms with E-state index in [0.29, 0.717) is 0 Å². The molecule has 0 bridgehead atoms. The Labute approximate surface area is 134 Å². The molecule has 0 aromatic heterocycles. The molecule has 0 N–H and O–H groups in total. The van der Waals surface area contributed by atoms with Crippen LogP contribution in [0.5, 0.6) is 0 Å². The predicted octanol–water partition coefficient (Wildman–Crippen LogP) is 6.36. The van der Waals surface area contributed by atoms with Gasteiger partial charge in [-0.25, -0.2) is 0 Å². The van der Waals surface area contributed by atoms with Crippen LogP contribution in [0.2, 0.25) is 0 Å². The molecular weight excluding hydrogens is 264 g/mol. The minimum absolute atomic E-state index is 0.0786. The van der Waals surface area contributed by atoms with Crippen molar-refractivity contribution in [1.82, 2.24) is 0 Å². The van der Waals surface area contributed by atoms with E-state index in [4.69, 9.17) is 0 Å². The fourth-order valence-electron chi connectivity index (χ4n) is 3.66. The molecule has 0 saturated heterocycles. The SMILES string of the molecule is C/C=C\C(=C/CC)c1cccc2c1-c1ccccc1C2(C)C. The maximum absolute atomic E-state index is 2.33. The minimum atomic E-state index is 0.0786. The second kappa shape index (κ2) is 5.61. The van der Waals surface area contributed by atoms with E-state index < -0.39 is 0 Å². The first kappa shape index (κ1) is 14.8. The average Bonchev–Trinajstić information content (AvgIpc) is 2.76. The second-order valence-corrected chi connectivity index (χ2v) is 6.47. The van der Waals surface area contributed by atoms with Gasteiger partial charge in [-0.05, 0) is 46.7 Å². The van der Waals surface area contributed by atoms with E-state index in [1.807, 2.05) is 0 Å². The average molecular weight is 288 g/mol. The molecule has 1 aliphatic carbocycles. The lowest BCUT2D eigenvalue weighted by Crippen LogP contribution is -2.14. The van der Waals surface area contributed by atoms with Gasteiger partial charge in [-0.15, -0.1) is 0 Å². The van der Waals surface area contributed by atoms with Gasteiger partial charge in [0.15, 0.2) is 0 Å². The zero-order valence-corrected chi connectivity index (χ0v) is 14.0. The number of hydrogen-bond donors (Lipinski definition) is 0. The van der Waals surface area contributed by atoms with Crippen molar-refractivity contribution < 1.29 is 0 Å². The van der Waals surface area contributed by atoms with Gasteiger partial charge in [0.1, 0.15) is 0 Å². The van der Waals surface area contributed by atoms with Gasteiger partial charge in [0.25, 0.3) is 0 Å². The summed E-state index contributed by atoms with van der Waals surface area (Å²) >= 11 is 0. The summed E-state index contributed by atoms with van der Waals surface area (Å²) in [4.78, 5) is 0. The Morgan fingerprint density at radius 1 is 1.00 bits per heavy atom. The molecule has 1 aliphatic rings. The summed E-state index contributed by atoms with van der Waals surface area (Å²) in [6.45, 7) is 8.95. The van der Waals surface area contributed by atoms with Crippen molar-refractivity contribution in [3.05, 3.63) is 77.4 Å². The van der Waals surface area contributed by atoms with Gasteiger partial charge in [0.2, 0.25) is 0 Å². The highest BCUT2D eigenvalue weighted by atomic mass is 14.4. The largest absolute Gasteiger partial charge is 0.0871 e. The van der Waals surface area contributed by atoms with Crippen molar-refractivity contribution >= 4 is 5.57 Å². The van der Waals surface area contributed by atoms with E-state index in [9.17, 15) is 0 Å². The highest BCUT2D eigenvalue weighted by Crippen LogP contribution is 2.50. The van der Waals surface area contributed by atoms with Crippen LogP contribution < -0.4 is 0 Å². The van der Waals surface area contributed by atoms with Crippen molar-refractivity contribution in [2.75, 3.05) is 0 Å². The molecule has 0 amide bonds. The van der Waals surface area contributed by atoms with Gasteiger partial charge >= 0.3 is 0 Å². The Kier molecular flexibility index (Phi) is 3.78. The summed E-state index contributed by atoms with van der Waals surface area (Å²) in [6, 6.07) is 15.6. The third-order valence-electron chi connectivity index (χ3n) is 4.69. The van der Waals surface area contributed by atoms with Gasteiger partial charge in [-0.1, -0.05) is 81.5 Å². The van der Waals surface area contributed by atoms with Crippen molar-refractivity contribution in [3.63, 3.8) is 0 Å². The van der Waals surface area contributed by atoms with E-state index in [-0.39, 0.29) is 5.41 Å². The summed E-state index contributed by atoms with van der Waals surface area (Å²) in [6.07, 6.45) is 7.73. The first-order chi connectivity index (χ1) is 10.6. The lowest BCUT2D eigenvalue weighted by atomic mass is 9.82. The molecule has 0 heterocycles. The second-order valence-electron chi connectivity index (χ2n) is 6.47. The predicted molar refractivity (Wildman–Crippen MR) is 97.1 cm³/mol. The van der Waals surface area contributed by atoms with Gasteiger partial charge in [0.05, 0.1) is 0 Å². The molecule has 22 heavy (non-hydrogen) atoms. The third-order valence-corrected chi connectivity index (χ3v) is 4.69. The van der Waals surface area contributed by atoms with Crippen LogP contribution in [0.25, 0.3) is 16.7 Å². The molecule has 112 valence electrons. The monoisotopic (exact) mass is 288 g/mol. The van der Waals surface area contributed by atoms with Gasteiger partial charge < -0.3 is 0 Å². The standard InChI is InChI=1S/C22H24/c1-5-10-16(11-6-2)17-13-9-15-20-21(17)18-12-7-8-14-19(18)22(20,3)4/h5,7-15H,6H2,1-4H3/b10-5-,16-11+. The molecule has 0 aliphatic heterocycles. The van der Waals surface area contributed by atoms with Crippen molar-refractivity contribution in [2.24, 2.45) is 0 Å². The van der Waals surface area contributed by atoms with Gasteiger partial charge in [-0.3, -0.25) is 0 Å². The maximum atomic E-state index is 2.33. The molecule has 0 atom stereocenters. The number of hydrogen-bond acceptors (Lipinski definition) is 0. The lowest BCUT2D eigenvalue weighted by molar-refractivity contribution is 0.660. The van der Waals surface area contributed by atoms with E-state index in [0.717, 1.165) is 6.42 Å². The quantitative estimate of drug-likeness (QED) is 0.576. The molecule has 0 fully saturated rings. The molecular formula is C22H24. The van der Waals surface area contributed by atoms with Crippen molar-refractivity contribution in [2.45, 2.75) is 39.5 Å². The van der Waals surface area contributed by atoms with Crippen molar-refractivity contribution in [1.29, 1.82) is 0 Å². The first-order valence-electron chi connectivity index (χ1n) is 8.17. The maximum Gasteiger partial charge on any atom is 0.0159 e. The topological polar surface area (TPSA) is 0 Å².